The van der Waals surface area contributed by atoms with Gasteiger partial charge < -0.3 is 10.8 Å². The summed E-state index contributed by atoms with van der Waals surface area (Å²) in [6, 6.07) is -0.282. The van der Waals surface area contributed by atoms with Crippen molar-refractivity contribution in [1.29, 1.82) is 0 Å². The Labute approximate surface area is 91.4 Å². The number of hydrogen-bond acceptors (Lipinski definition) is 3. The molecule has 0 saturated carbocycles. The Morgan fingerprint density at radius 2 is 2.33 bits per heavy atom. The molecule has 0 radical (unpaired) electrons. The first-order chi connectivity index (χ1) is 7.19. The van der Waals surface area contributed by atoms with E-state index < -0.39 is 5.97 Å². The fourth-order valence-electron chi connectivity index (χ4n) is 2.28. The molecule has 0 aliphatic carbocycles. The molecule has 0 amide bonds. The van der Waals surface area contributed by atoms with Gasteiger partial charge in [-0.2, -0.15) is 0 Å². The lowest BCUT2D eigenvalue weighted by Gasteiger charge is -2.36. The van der Waals surface area contributed by atoms with E-state index in [-0.39, 0.29) is 6.04 Å². The standard InChI is InChI=1S/C11H22N2O2/c1-2-9-4-7-13(6-3-5-12)10(8-9)11(14)15/h9-10H,2-8,12H2,1H3,(H,14,15). The monoisotopic (exact) mass is 214 g/mol. The number of likely N-dealkylation sites (tertiary alicyclic amines) is 1. The quantitative estimate of drug-likeness (QED) is 0.714. The molecule has 88 valence electrons. The summed E-state index contributed by atoms with van der Waals surface area (Å²) in [4.78, 5) is 13.2. The number of carbonyl (C=O) groups is 1. The first kappa shape index (κ1) is 12.5. The second kappa shape index (κ2) is 6.08. The van der Waals surface area contributed by atoms with Gasteiger partial charge in [0.05, 0.1) is 0 Å². The summed E-state index contributed by atoms with van der Waals surface area (Å²) in [5, 5.41) is 9.15. The molecule has 4 nitrogen and oxygen atoms in total. The normalized spacial score (nSPS) is 27.9. The molecule has 0 spiro atoms. The van der Waals surface area contributed by atoms with Crippen LogP contribution in [-0.2, 0) is 4.79 Å². The molecule has 1 saturated heterocycles. The number of nitrogens with two attached hydrogens (primary N) is 1. The van der Waals surface area contributed by atoms with Crippen LogP contribution in [0, 0.1) is 5.92 Å². The average molecular weight is 214 g/mol. The van der Waals surface area contributed by atoms with Gasteiger partial charge in [0.2, 0.25) is 0 Å². The van der Waals surface area contributed by atoms with Crippen LogP contribution in [0.1, 0.15) is 32.6 Å². The summed E-state index contributed by atoms with van der Waals surface area (Å²) in [6.45, 7) is 4.51. The van der Waals surface area contributed by atoms with Gasteiger partial charge in [0.1, 0.15) is 6.04 Å². The Hall–Kier alpha value is -0.610. The predicted molar refractivity (Wildman–Crippen MR) is 59.7 cm³/mol. The minimum atomic E-state index is -0.676. The van der Waals surface area contributed by atoms with Gasteiger partial charge in [0, 0.05) is 6.54 Å². The highest BCUT2D eigenvalue weighted by Crippen LogP contribution is 2.25. The van der Waals surface area contributed by atoms with Gasteiger partial charge in [-0.1, -0.05) is 13.3 Å². The van der Waals surface area contributed by atoms with Crippen molar-refractivity contribution in [2.45, 2.75) is 38.6 Å². The van der Waals surface area contributed by atoms with Crippen molar-refractivity contribution in [2.75, 3.05) is 19.6 Å². The molecule has 2 unspecified atom stereocenters. The second-order valence-electron chi connectivity index (χ2n) is 4.33. The Bertz CT molecular complexity index is 209. The molecule has 0 aromatic heterocycles. The van der Waals surface area contributed by atoms with Crippen molar-refractivity contribution >= 4 is 5.97 Å². The van der Waals surface area contributed by atoms with E-state index in [0.717, 1.165) is 38.8 Å². The van der Waals surface area contributed by atoms with Crippen LogP contribution < -0.4 is 5.73 Å². The van der Waals surface area contributed by atoms with Crippen LogP contribution in [0.2, 0.25) is 0 Å². The van der Waals surface area contributed by atoms with Gasteiger partial charge in [-0.3, -0.25) is 9.69 Å². The maximum atomic E-state index is 11.1. The molecule has 0 bridgehead atoms. The van der Waals surface area contributed by atoms with E-state index in [9.17, 15) is 4.79 Å². The third-order valence-corrected chi connectivity index (χ3v) is 3.33. The molecular weight excluding hydrogens is 192 g/mol. The topological polar surface area (TPSA) is 66.6 Å². The average Bonchev–Trinajstić information content (AvgIpc) is 2.26. The first-order valence-corrected chi connectivity index (χ1v) is 5.86. The molecule has 1 rings (SSSR count). The second-order valence-corrected chi connectivity index (χ2v) is 4.33. The van der Waals surface area contributed by atoms with E-state index in [2.05, 4.69) is 11.8 Å². The zero-order chi connectivity index (χ0) is 11.3. The molecule has 1 heterocycles. The van der Waals surface area contributed by atoms with E-state index in [1.54, 1.807) is 0 Å². The third kappa shape index (κ3) is 3.47. The predicted octanol–water partition coefficient (Wildman–Crippen LogP) is 0.910. The van der Waals surface area contributed by atoms with Crippen molar-refractivity contribution in [2.24, 2.45) is 11.7 Å². The van der Waals surface area contributed by atoms with Gasteiger partial charge in [0.15, 0.2) is 0 Å². The molecule has 0 aromatic rings. The summed E-state index contributed by atoms with van der Waals surface area (Å²) >= 11 is 0. The zero-order valence-corrected chi connectivity index (χ0v) is 9.48. The van der Waals surface area contributed by atoms with Crippen LogP contribution in [0.4, 0.5) is 0 Å². The molecular formula is C11H22N2O2. The summed E-state index contributed by atoms with van der Waals surface area (Å²) < 4.78 is 0. The summed E-state index contributed by atoms with van der Waals surface area (Å²) in [5.74, 6) is -0.0922. The van der Waals surface area contributed by atoms with Crippen LogP contribution in [0.25, 0.3) is 0 Å². The van der Waals surface area contributed by atoms with E-state index in [4.69, 9.17) is 10.8 Å². The van der Waals surface area contributed by atoms with Crippen LogP contribution in [-0.4, -0.2) is 41.7 Å². The van der Waals surface area contributed by atoms with E-state index in [0.29, 0.717) is 12.5 Å². The molecule has 1 aliphatic heterocycles. The number of carboxylic acid groups (broad SMARTS) is 1. The van der Waals surface area contributed by atoms with E-state index in [1.165, 1.54) is 0 Å². The fraction of sp³-hybridized carbons (Fsp3) is 0.909. The van der Waals surface area contributed by atoms with Crippen LogP contribution in [0.15, 0.2) is 0 Å². The molecule has 1 aliphatic rings. The van der Waals surface area contributed by atoms with Crippen LogP contribution in [0.3, 0.4) is 0 Å². The van der Waals surface area contributed by atoms with Gasteiger partial charge in [-0.25, -0.2) is 0 Å². The lowest BCUT2D eigenvalue weighted by molar-refractivity contribution is -0.145. The van der Waals surface area contributed by atoms with E-state index in [1.807, 2.05) is 0 Å². The fourth-order valence-corrected chi connectivity index (χ4v) is 2.28. The van der Waals surface area contributed by atoms with Crippen molar-refractivity contribution in [1.82, 2.24) is 4.90 Å². The Kier molecular flexibility index (Phi) is 5.05. The Morgan fingerprint density at radius 3 is 2.87 bits per heavy atom. The van der Waals surface area contributed by atoms with Crippen molar-refractivity contribution < 1.29 is 9.90 Å². The third-order valence-electron chi connectivity index (χ3n) is 3.33. The minimum Gasteiger partial charge on any atom is -0.480 e. The highest BCUT2D eigenvalue weighted by atomic mass is 16.4. The van der Waals surface area contributed by atoms with Crippen LogP contribution in [0.5, 0.6) is 0 Å². The summed E-state index contributed by atoms with van der Waals surface area (Å²) in [5.41, 5.74) is 5.45. The summed E-state index contributed by atoms with van der Waals surface area (Å²) in [7, 11) is 0. The molecule has 1 fully saturated rings. The number of hydrogen-bond donors (Lipinski definition) is 2. The lowest BCUT2D eigenvalue weighted by Crippen LogP contribution is -2.47. The number of aliphatic carboxylic acids is 1. The number of nitrogens with zero attached hydrogens (tertiary/aromatic N) is 1. The Balaban J connectivity index is 2.51. The number of piperidine rings is 1. The smallest absolute Gasteiger partial charge is 0.320 e. The number of rotatable bonds is 5. The van der Waals surface area contributed by atoms with Crippen molar-refractivity contribution in [3.8, 4) is 0 Å². The van der Waals surface area contributed by atoms with Gasteiger partial charge in [-0.15, -0.1) is 0 Å². The SMILES string of the molecule is CCC1CCN(CCCN)C(C(=O)O)C1. The molecule has 0 aromatic carbocycles. The van der Waals surface area contributed by atoms with Crippen molar-refractivity contribution in [3.05, 3.63) is 0 Å². The minimum absolute atomic E-state index is 0.282. The van der Waals surface area contributed by atoms with Gasteiger partial charge in [0.25, 0.3) is 0 Å². The lowest BCUT2D eigenvalue weighted by atomic mass is 9.89. The maximum absolute atomic E-state index is 11.1. The van der Waals surface area contributed by atoms with Gasteiger partial charge in [-0.05, 0) is 38.3 Å². The zero-order valence-electron chi connectivity index (χ0n) is 9.48. The molecule has 15 heavy (non-hydrogen) atoms. The highest BCUT2D eigenvalue weighted by Gasteiger charge is 2.31. The van der Waals surface area contributed by atoms with Crippen molar-refractivity contribution in [3.63, 3.8) is 0 Å². The molecule has 3 N–H and O–H groups in total. The highest BCUT2D eigenvalue weighted by molar-refractivity contribution is 5.73. The largest absolute Gasteiger partial charge is 0.480 e. The molecule has 4 heteroatoms. The van der Waals surface area contributed by atoms with E-state index >= 15 is 0 Å². The maximum Gasteiger partial charge on any atom is 0.320 e. The molecule has 2 atom stereocenters. The summed E-state index contributed by atoms with van der Waals surface area (Å²) in [6.07, 6.45) is 3.91. The first-order valence-electron chi connectivity index (χ1n) is 5.86. The van der Waals surface area contributed by atoms with Gasteiger partial charge >= 0.3 is 5.97 Å². The Morgan fingerprint density at radius 1 is 1.60 bits per heavy atom. The number of carboxylic acids is 1. The van der Waals surface area contributed by atoms with Crippen LogP contribution >= 0.6 is 0 Å².